The molecule has 0 amide bonds. The van der Waals surface area contributed by atoms with E-state index < -0.39 is 23.5 Å². The number of benzene rings is 2. The van der Waals surface area contributed by atoms with Gasteiger partial charge in [0.1, 0.15) is 17.5 Å². The molecule has 0 aromatic heterocycles. The van der Waals surface area contributed by atoms with E-state index in [4.69, 9.17) is 5.73 Å². The van der Waals surface area contributed by atoms with E-state index in [1.165, 1.54) is 25.1 Å². The second-order valence-electron chi connectivity index (χ2n) is 4.27. The molecule has 5 heteroatoms. The Bertz CT molecular complexity index is 628. The monoisotopic (exact) mass is 329 g/mol. The van der Waals surface area contributed by atoms with Crippen LogP contribution >= 0.6 is 15.9 Å². The van der Waals surface area contributed by atoms with Gasteiger partial charge in [-0.15, -0.1) is 0 Å². The Labute approximate surface area is 117 Å². The molecule has 0 heterocycles. The van der Waals surface area contributed by atoms with Crippen LogP contribution < -0.4 is 5.73 Å². The average Bonchev–Trinajstić information content (AvgIpc) is 2.36. The summed E-state index contributed by atoms with van der Waals surface area (Å²) < 4.78 is 40.7. The predicted octanol–water partition coefficient (Wildman–Crippen LogP) is 4.22. The van der Waals surface area contributed by atoms with E-state index in [-0.39, 0.29) is 5.56 Å². The third kappa shape index (κ3) is 2.82. The Hall–Kier alpha value is -1.33. The molecular formula is C14H11BrF3N. The summed E-state index contributed by atoms with van der Waals surface area (Å²) >= 11 is 3.03. The maximum Gasteiger partial charge on any atom is 0.137 e. The summed E-state index contributed by atoms with van der Waals surface area (Å²) in [7, 11) is 0. The van der Waals surface area contributed by atoms with Crippen molar-refractivity contribution in [2.75, 3.05) is 0 Å². The smallest absolute Gasteiger partial charge is 0.137 e. The van der Waals surface area contributed by atoms with E-state index >= 15 is 0 Å². The van der Waals surface area contributed by atoms with Crippen LogP contribution in [-0.2, 0) is 0 Å². The Balaban J connectivity index is 2.46. The molecule has 0 saturated carbocycles. The zero-order valence-corrected chi connectivity index (χ0v) is 11.6. The second-order valence-corrected chi connectivity index (χ2v) is 5.13. The van der Waals surface area contributed by atoms with Crippen LogP contribution in [0.3, 0.4) is 0 Å². The molecule has 2 rings (SSSR count). The van der Waals surface area contributed by atoms with Crippen molar-refractivity contribution in [2.24, 2.45) is 5.73 Å². The Morgan fingerprint density at radius 1 is 1.00 bits per heavy atom. The van der Waals surface area contributed by atoms with Crippen molar-refractivity contribution in [3.63, 3.8) is 0 Å². The molecule has 0 aliphatic carbocycles. The van der Waals surface area contributed by atoms with E-state index in [1.807, 2.05) is 0 Å². The van der Waals surface area contributed by atoms with Gasteiger partial charge in [0.15, 0.2) is 0 Å². The molecule has 0 fully saturated rings. The number of hydrogen-bond donors (Lipinski definition) is 1. The van der Waals surface area contributed by atoms with Gasteiger partial charge in [-0.1, -0.05) is 6.07 Å². The van der Waals surface area contributed by atoms with Crippen LogP contribution in [0, 0.1) is 24.4 Å². The van der Waals surface area contributed by atoms with Crippen LogP contribution in [0.5, 0.6) is 0 Å². The highest BCUT2D eigenvalue weighted by Crippen LogP contribution is 2.27. The molecule has 1 unspecified atom stereocenters. The molecule has 0 radical (unpaired) electrons. The van der Waals surface area contributed by atoms with Gasteiger partial charge in [-0.25, -0.2) is 13.2 Å². The lowest BCUT2D eigenvalue weighted by molar-refractivity contribution is 0.559. The topological polar surface area (TPSA) is 26.0 Å². The molecule has 2 N–H and O–H groups in total. The third-order valence-corrected chi connectivity index (χ3v) is 3.56. The Kier molecular flexibility index (Phi) is 3.96. The predicted molar refractivity (Wildman–Crippen MR) is 71.2 cm³/mol. The summed E-state index contributed by atoms with van der Waals surface area (Å²) in [5, 5.41) is 0. The lowest BCUT2D eigenvalue weighted by Crippen LogP contribution is -2.14. The molecule has 1 nitrogen and oxygen atoms in total. The zero-order valence-electron chi connectivity index (χ0n) is 10.1. The number of rotatable bonds is 2. The van der Waals surface area contributed by atoms with Gasteiger partial charge in [-0.2, -0.15) is 0 Å². The van der Waals surface area contributed by atoms with Crippen molar-refractivity contribution in [1.29, 1.82) is 0 Å². The highest BCUT2D eigenvalue weighted by molar-refractivity contribution is 9.10. The second kappa shape index (κ2) is 5.35. The summed E-state index contributed by atoms with van der Waals surface area (Å²) in [4.78, 5) is 0. The van der Waals surface area contributed by atoms with Crippen molar-refractivity contribution >= 4 is 15.9 Å². The largest absolute Gasteiger partial charge is 0.320 e. The minimum absolute atomic E-state index is 0.139. The number of halogens is 4. The fraction of sp³-hybridized carbons (Fsp3) is 0.143. The molecule has 100 valence electrons. The molecule has 0 aliphatic rings. The summed E-state index contributed by atoms with van der Waals surface area (Å²) in [6.07, 6.45) is 0. The highest BCUT2D eigenvalue weighted by atomic mass is 79.9. The van der Waals surface area contributed by atoms with Crippen LogP contribution in [0.2, 0.25) is 0 Å². The van der Waals surface area contributed by atoms with E-state index in [1.54, 1.807) is 6.07 Å². The first-order valence-corrected chi connectivity index (χ1v) is 6.35. The molecule has 0 saturated heterocycles. The van der Waals surface area contributed by atoms with Gasteiger partial charge in [0.05, 0.1) is 10.5 Å². The maximum absolute atomic E-state index is 13.7. The Morgan fingerprint density at radius 3 is 2.32 bits per heavy atom. The number of hydrogen-bond acceptors (Lipinski definition) is 1. The SMILES string of the molecule is Cc1cc(C(N)c2ccc(Br)c(F)c2)c(F)cc1F. The van der Waals surface area contributed by atoms with Gasteiger partial charge in [-0.3, -0.25) is 0 Å². The minimum Gasteiger partial charge on any atom is -0.320 e. The normalized spacial score (nSPS) is 12.5. The van der Waals surface area contributed by atoms with Gasteiger partial charge in [0.25, 0.3) is 0 Å². The van der Waals surface area contributed by atoms with E-state index in [0.29, 0.717) is 15.6 Å². The van der Waals surface area contributed by atoms with Crippen molar-refractivity contribution in [3.05, 3.63) is 68.9 Å². The molecule has 0 spiro atoms. The molecule has 19 heavy (non-hydrogen) atoms. The first kappa shape index (κ1) is 14.1. The van der Waals surface area contributed by atoms with Gasteiger partial charge in [0.2, 0.25) is 0 Å². The van der Waals surface area contributed by atoms with Crippen LogP contribution in [0.15, 0.2) is 34.8 Å². The summed E-state index contributed by atoms with van der Waals surface area (Å²) in [6.45, 7) is 1.52. The first-order chi connectivity index (χ1) is 8.90. The van der Waals surface area contributed by atoms with E-state index in [0.717, 1.165) is 6.07 Å². The van der Waals surface area contributed by atoms with Gasteiger partial charge < -0.3 is 5.73 Å². The van der Waals surface area contributed by atoms with Crippen LogP contribution in [-0.4, -0.2) is 0 Å². The maximum atomic E-state index is 13.7. The molecule has 0 bridgehead atoms. The third-order valence-electron chi connectivity index (χ3n) is 2.92. The lowest BCUT2D eigenvalue weighted by atomic mass is 9.97. The quantitative estimate of drug-likeness (QED) is 0.876. The van der Waals surface area contributed by atoms with Crippen LogP contribution in [0.25, 0.3) is 0 Å². The van der Waals surface area contributed by atoms with Crippen LogP contribution in [0.4, 0.5) is 13.2 Å². The molecule has 2 aromatic carbocycles. The van der Waals surface area contributed by atoms with Gasteiger partial charge in [0, 0.05) is 11.6 Å². The van der Waals surface area contributed by atoms with Gasteiger partial charge in [-0.05, 0) is 52.2 Å². The molecular weight excluding hydrogens is 319 g/mol. The lowest BCUT2D eigenvalue weighted by Gasteiger charge is -2.15. The molecule has 1 atom stereocenters. The average molecular weight is 330 g/mol. The van der Waals surface area contributed by atoms with Crippen molar-refractivity contribution in [2.45, 2.75) is 13.0 Å². The minimum atomic E-state index is -0.845. The molecule has 0 aliphatic heterocycles. The number of aryl methyl sites for hydroxylation is 1. The summed E-state index contributed by atoms with van der Waals surface area (Å²) in [5.74, 6) is -1.85. The highest BCUT2D eigenvalue weighted by Gasteiger charge is 2.17. The zero-order chi connectivity index (χ0) is 14.2. The first-order valence-electron chi connectivity index (χ1n) is 5.56. The van der Waals surface area contributed by atoms with Crippen LogP contribution in [0.1, 0.15) is 22.7 Å². The molecule has 2 aromatic rings. The Morgan fingerprint density at radius 2 is 1.68 bits per heavy atom. The fourth-order valence-corrected chi connectivity index (χ4v) is 2.05. The van der Waals surface area contributed by atoms with E-state index in [2.05, 4.69) is 15.9 Å². The van der Waals surface area contributed by atoms with E-state index in [9.17, 15) is 13.2 Å². The van der Waals surface area contributed by atoms with Gasteiger partial charge >= 0.3 is 0 Å². The summed E-state index contributed by atoms with van der Waals surface area (Å²) in [6, 6.07) is 5.61. The van der Waals surface area contributed by atoms with Crippen molar-refractivity contribution in [1.82, 2.24) is 0 Å². The fourth-order valence-electron chi connectivity index (χ4n) is 1.80. The number of nitrogens with two attached hydrogens (primary N) is 1. The summed E-state index contributed by atoms with van der Waals surface area (Å²) in [5.41, 5.74) is 6.77. The van der Waals surface area contributed by atoms with Crippen molar-refractivity contribution < 1.29 is 13.2 Å². The standard InChI is InChI=1S/C14H11BrF3N/c1-7-4-9(12(17)6-11(7)16)14(19)8-2-3-10(15)13(18)5-8/h2-6,14H,19H2,1H3. The van der Waals surface area contributed by atoms with Crippen molar-refractivity contribution in [3.8, 4) is 0 Å².